The first-order valence-electron chi connectivity index (χ1n) is 6.36. The van der Waals surface area contributed by atoms with E-state index >= 15 is 0 Å². The van der Waals surface area contributed by atoms with Crippen molar-refractivity contribution in [1.29, 1.82) is 0 Å². The van der Waals surface area contributed by atoms with Crippen LogP contribution < -0.4 is 0 Å². The molecule has 1 atom stereocenters. The largest absolute Gasteiger partial charge is 0.295 e. The van der Waals surface area contributed by atoms with Crippen LogP contribution in [0.5, 0.6) is 0 Å². The summed E-state index contributed by atoms with van der Waals surface area (Å²) in [6.45, 7) is 9.33. The fraction of sp³-hybridized carbons (Fsp3) is 0.438. The Kier molecular flexibility index (Phi) is 4.83. The molecular formula is C16H21FO. The summed E-state index contributed by atoms with van der Waals surface area (Å²) in [6, 6.07) is 3.22. The molecule has 0 aliphatic carbocycles. The topological polar surface area (TPSA) is 17.1 Å². The fourth-order valence-electron chi connectivity index (χ4n) is 2.03. The van der Waals surface area contributed by atoms with Gasteiger partial charge in [0.1, 0.15) is 5.82 Å². The molecular weight excluding hydrogens is 227 g/mol. The number of halogens is 1. The van der Waals surface area contributed by atoms with Crippen LogP contribution in [0.4, 0.5) is 4.39 Å². The van der Waals surface area contributed by atoms with Crippen molar-refractivity contribution in [2.24, 2.45) is 5.92 Å². The van der Waals surface area contributed by atoms with E-state index in [9.17, 15) is 9.18 Å². The van der Waals surface area contributed by atoms with Crippen LogP contribution in [0.1, 0.15) is 43.9 Å². The number of ketones is 1. The zero-order valence-corrected chi connectivity index (χ0v) is 11.8. The predicted octanol–water partition coefficient (Wildman–Crippen LogP) is 4.46. The number of allylic oxidation sites excluding steroid dienone is 1. The third-order valence-corrected chi connectivity index (χ3v) is 3.52. The molecule has 0 fully saturated rings. The number of carbonyl (C=O) groups is 1. The smallest absolute Gasteiger partial charge is 0.156 e. The van der Waals surface area contributed by atoms with Crippen LogP contribution in [-0.2, 0) is 4.79 Å². The first kappa shape index (κ1) is 14.6. The first-order valence-corrected chi connectivity index (χ1v) is 6.36. The molecule has 0 spiro atoms. The van der Waals surface area contributed by atoms with Crippen LogP contribution >= 0.6 is 0 Å². The van der Waals surface area contributed by atoms with Gasteiger partial charge in [-0.15, -0.1) is 0 Å². The number of rotatable bonds is 4. The van der Waals surface area contributed by atoms with E-state index in [2.05, 4.69) is 0 Å². The predicted molar refractivity (Wildman–Crippen MR) is 74.0 cm³/mol. The molecule has 1 nitrogen and oxygen atoms in total. The van der Waals surface area contributed by atoms with Crippen LogP contribution in [0.2, 0.25) is 0 Å². The Morgan fingerprint density at radius 3 is 2.50 bits per heavy atom. The molecule has 0 aromatic heterocycles. The zero-order valence-electron chi connectivity index (χ0n) is 11.8. The molecule has 98 valence electrons. The van der Waals surface area contributed by atoms with E-state index in [0.717, 1.165) is 23.1 Å². The number of benzene rings is 1. The Bertz CT molecular complexity index is 486. The van der Waals surface area contributed by atoms with Crippen LogP contribution in [0.15, 0.2) is 17.7 Å². The summed E-state index contributed by atoms with van der Waals surface area (Å²) in [5, 5.41) is 0. The minimum Gasteiger partial charge on any atom is -0.295 e. The normalized spacial score (nSPS) is 13.6. The quantitative estimate of drug-likeness (QED) is 0.719. The standard InChI is InChI=1S/C16H21FO/c1-6-10(2)15(13(5)18)9-14-11(3)7-8-16(17)12(14)4/h7-10H,6H2,1-5H3/b15-9+. The molecule has 1 rings (SSSR count). The SMILES string of the molecule is CCC(C)/C(=C\c1c(C)ccc(F)c1C)C(C)=O. The average molecular weight is 248 g/mol. The highest BCUT2D eigenvalue weighted by molar-refractivity contribution is 5.98. The Morgan fingerprint density at radius 2 is 2.00 bits per heavy atom. The maximum absolute atomic E-state index is 13.6. The lowest BCUT2D eigenvalue weighted by Crippen LogP contribution is -2.07. The van der Waals surface area contributed by atoms with Gasteiger partial charge in [0.25, 0.3) is 0 Å². The number of aryl methyl sites for hydroxylation is 1. The molecule has 1 unspecified atom stereocenters. The third-order valence-electron chi connectivity index (χ3n) is 3.52. The van der Waals surface area contributed by atoms with E-state index in [0.29, 0.717) is 5.56 Å². The second-order valence-electron chi connectivity index (χ2n) is 4.87. The molecule has 0 saturated carbocycles. The highest BCUT2D eigenvalue weighted by Gasteiger charge is 2.14. The van der Waals surface area contributed by atoms with Crippen molar-refractivity contribution in [3.63, 3.8) is 0 Å². The van der Waals surface area contributed by atoms with Gasteiger partial charge in [-0.3, -0.25) is 4.79 Å². The molecule has 0 bridgehead atoms. The highest BCUT2D eigenvalue weighted by Crippen LogP contribution is 2.24. The van der Waals surface area contributed by atoms with Gasteiger partial charge in [0.2, 0.25) is 0 Å². The summed E-state index contributed by atoms with van der Waals surface area (Å²) >= 11 is 0. The number of hydrogen-bond acceptors (Lipinski definition) is 1. The summed E-state index contributed by atoms with van der Waals surface area (Å²) in [5.41, 5.74) is 3.21. The van der Waals surface area contributed by atoms with E-state index in [4.69, 9.17) is 0 Å². The van der Waals surface area contributed by atoms with Crippen molar-refractivity contribution in [3.8, 4) is 0 Å². The van der Waals surface area contributed by atoms with Crippen molar-refractivity contribution in [1.82, 2.24) is 0 Å². The lowest BCUT2D eigenvalue weighted by molar-refractivity contribution is -0.114. The monoisotopic (exact) mass is 248 g/mol. The van der Waals surface area contributed by atoms with Crippen molar-refractivity contribution in [3.05, 3.63) is 40.2 Å². The molecule has 0 amide bonds. The van der Waals surface area contributed by atoms with Crippen LogP contribution in [-0.4, -0.2) is 5.78 Å². The Hall–Kier alpha value is -1.44. The molecule has 0 heterocycles. The molecule has 0 aliphatic heterocycles. The molecule has 18 heavy (non-hydrogen) atoms. The van der Waals surface area contributed by atoms with E-state index in [-0.39, 0.29) is 17.5 Å². The Morgan fingerprint density at radius 1 is 1.39 bits per heavy atom. The van der Waals surface area contributed by atoms with Gasteiger partial charge in [-0.05, 0) is 67.5 Å². The molecule has 1 aromatic carbocycles. The first-order chi connectivity index (χ1) is 8.38. The Balaban J connectivity index is 3.37. The average Bonchev–Trinajstić information content (AvgIpc) is 2.33. The molecule has 0 N–H and O–H groups in total. The van der Waals surface area contributed by atoms with Gasteiger partial charge < -0.3 is 0 Å². The van der Waals surface area contributed by atoms with Crippen LogP contribution in [0.3, 0.4) is 0 Å². The molecule has 0 saturated heterocycles. The molecule has 2 heteroatoms. The minimum atomic E-state index is -0.223. The molecule has 1 aromatic rings. The second-order valence-corrected chi connectivity index (χ2v) is 4.87. The van der Waals surface area contributed by atoms with Gasteiger partial charge in [-0.25, -0.2) is 4.39 Å². The number of hydrogen-bond donors (Lipinski definition) is 0. The van der Waals surface area contributed by atoms with Gasteiger partial charge in [-0.2, -0.15) is 0 Å². The summed E-state index contributed by atoms with van der Waals surface area (Å²) in [7, 11) is 0. The number of Topliss-reactive ketones (excluding diaryl/α,β-unsaturated/α-hetero) is 1. The zero-order chi connectivity index (χ0) is 13.9. The molecule has 0 radical (unpaired) electrons. The maximum Gasteiger partial charge on any atom is 0.156 e. The summed E-state index contributed by atoms with van der Waals surface area (Å²) in [6.07, 6.45) is 2.75. The van der Waals surface area contributed by atoms with Crippen molar-refractivity contribution in [2.75, 3.05) is 0 Å². The lowest BCUT2D eigenvalue weighted by Gasteiger charge is -2.13. The van der Waals surface area contributed by atoms with Gasteiger partial charge in [0, 0.05) is 0 Å². The minimum absolute atomic E-state index is 0.0624. The van der Waals surface area contributed by atoms with E-state index in [1.54, 1.807) is 19.9 Å². The van der Waals surface area contributed by atoms with Gasteiger partial charge in [-0.1, -0.05) is 19.9 Å². The van der Waals surface area contributed by atoms with Gasteiger partial charge >= 0.3 is 0 Å². The van der Waals surface area contributed by atoms with E-state index < -0.39 is 0 Å². The van der Waals surface area contributed by atoms with E-state index in [1.165, 1.54) is 6.07 Å². The molecule has 0 aliphatic rings. The van der Waals surface area contributed by atoms with Crippen molar-refractivity contribution >= 4 is 11.9 Å². The summed E-state index contributed by atoms with van der Waals surface area (Å²) in [4.78, 5) is 11.7. The third kappa shape index (κ3) is 3.06. The van der Waals surface area contributed by atoms with Crippen LogP contribution in [0, 0.1) is 25.6 Å². The Labute approximate surface area is 109 Å². The van der Waals surface area contributed by atoms with Crippen LogP contribution in [0.25, 0.3) is 6.08 Å². The van der Waals surface area contributed by atoms with Gasteiger partial charge in [0.15, 0.2) is 5.78 Å². The highest BCUT2D eigenvalue weighted by atomic mass is 19.1. The number of carbonyl (C=O) groups excluding carboxylic acids is 1. The van der Waals surface area contributed by atoms with Gasteiger partial charge in [0.05, 0.1) is 0 Å². The maximum atomic E-state index is 13.6. The lowest BCUT2D eigenvalue weighted by atomic mass is 9.91. The summed E-state index contributed by atoms with van der Waals surface area (Å²) in [5.74, 6) is 0.0379. The van der Waals surface area contributed by atoms with Crippen molar-refractivity contribution in [2.45, 2.75) is 41.0 Å². The van der Waals surface area contributed by atoms with Crippen molar-refractivity contribution < 1.29 is 9.18 Å². The van der Waals surface area contributed by atoms with E-state index in [1.807, 2.05) is 26.8 Å². The second kappa shape index (κ2) is 5.94. The summed E-state index contributed by atoms with van der Waals surface area (Å²) < 4.78 is 13.6. The fourth-order valence-corrected chi connectivity index (χ4v) is 2.03.